The molecule has 0 bridgehead atoms. The van der Waals surface area contributed by atoms with E-state index in [1.165, 1.54) is 11.8 Å². The summed E-state index contributed by atoms with van der Waals surface area (Å²) >= 11 is 0. The molecule has 0 radical (unpaired) electrons. The van der Waals surface area contributed by atoms with Gasteiger partial charge in [0.15, 0.2) is 17.5 Å². The Morgan fingerprint density at radius 2 is 1.65 bits per heavy atom. The summed E-state index contributed by atoms with van der Waals surface area (Å²) < 4.78 is 39.8. The molecule has 0 unspecified atom stereocenters. The summed E-state index contributed by atoms with van der Waals surface area (Å²) in [6, 6.07) is 8.97. The summed E-state index contributed by atoms with van der Waals surface area (Å²) in [5.74, 6) is -5.70. The molecule has 7 heteroatoms. The molecule has 1 N–H and O–H groups in total. The van der Waals surface area contributed by atoms with Crippen molar-refractivity contribution >= 4 is 17.5 Å². The van der Waals surface area contributed by atoms with Crippen molar-refractivity contribution in [1.29, 1.82) is 0 Å². The van der Waals surface area contributed by atoms with Gasteiger partial charge in [0.25, 0.3) is 5.91 Å². The van der Waals surface area contributed by atoms with Crippen LogP contribution in [0.15, 0.2) is 36.4 Å². The minimum absolute atomic E-state index is 0.0202. The Kier molecular flexibility index (Phi) is 6.38. The van der Waals surface area contributed by atoms with Gasteiger partial charge in [-0.15, -0.1) is 0 Å². The monoisotopic (exact) mass is 364 g/mol. The molecule has 0 aliphatic carbocycles. The lowest BCUT2D eigenvalue weighted by Gasteiger charge is -2.21. The Labute approximate surface area is 149 Å². The Morgan fingerprint density at radius 1 is 1.00 bits per heavy atom. The van der Waals surface area contributed by atoms with Crippen LogP contribution < -0.4 is 10.2 Å². The first kappa shape index (κ1) is 19.5. The average Bonchev–Trinajstić information content (AvgIpc) is 2.63. The number of carbonyl (C=O) groups is 2. The quantitative estimate of drug-likeness (QED) is 0.798. The van der Waals surface area contributed by atoms with E-state index in [1.807, 2.05) is 19.1 Å². The van der Waals surface area contributed by atoms with Gasteiger partial charge in [-0.2, -0.15) is 0 Å². The van der Waals surface area contributed by atoms with E-state index in [-0.39, 0.29) is 19.0 Å². The minimum Gasteiger partial charge on any atom is -0.350 e. The first-order valence-corrected chi connectivity index (χ1v) is 8.13. The number of amides is 2. The van der Waals surface area contributed by atoms with Gasteiger partial charge in [0.2, 0.25) is 5.91 Å². The Balaban J connectivity index is 2.02. The molecule has 0 aliphatic rings. The van der Waals surface area contributed by atoms with Crippen LogP contribution in [0.4, 0.5) is 18.9 Å². The van der Waals surface area contributed by atoms with Crippen LogP contribution in [0.5, 0.6) is 0 Å². The van der Waals surface area contributed by atoms with Crippen molar-refractivity contribution in [1.82, 2.24) is 5.32 Å². The number of anilines is 1. The lowest BCUT2D eigenvalue weighted by molar-refractivity contribution is -0.116. The fourth-order valence-corrected chi connectivity index (χ4v) is 2.46. The van der Waals surface area contributed by atoms with E-state index in [4.69, 9.17) is 0 Å². The molecular formula is C19H19F3N2O2. The highest BCUT2D eigenvalue weighted by Crippen LogP contribution is 2.17. The van der Waals surface area contributed by atoms with E-state index < -0.39 is 28.9 Å². The topological polar surface area (TPSA) is 49.4 Å². The molecule has 0 aromatic heterocycles. The summed E-state index contributed by atoms with van der Waals surface area (Å²) in [5.41, 5.74) is 1.20. The molecule has 0 atom stereocenters. The van der Waals surface area contributed by atoms with Gasteiger partial charge in [-0.1, -0.05) is 19.1 Å². The third-order valence-corrected chi connectivity index (χ3v) is 3.94. The molecule has 4 nitrogen and oxygen atoms in total. The number of carbonyl (C=O) groups excluding carboxylic acids is 2. The molecule has 2 aromatic rings. The van der Waals surface area contributed by atoms with E-state index in [2.05, 4.69) is 5.32 Å². The van der Waals surface area contributed by atoms with Gasteiger partial charge in [-0.3, -0.25) is 9.59 Å². The number of rotatable bonds is 6. The zero-order valence-electron chi connectivity index (χ0n) is 14.5. The fraction of sp³-hybridized carbons (Fsp3) is 0.263. The van der Waals surface area contributed by atoms with E-state index in [9.17, 15) is 22.8 Å². The second-order valence-electron chi connectivity index (χ2n) is 5.67. The third kappa shape index (κ3) is 4.41. The number of hydrogen-bond acceptors (Lipinski definition) is 2. The van der Waals surface area contributed by atoms with Crippen LogP contribution in [0.1, 0.15) is 29.8 Å². The molecule has 0 saturated heterocycles. The lowest BCUT2D eigenvalue weighted by Crippen LogP contribution is -2.37. The van der Waals surface area contributed by atoms with E-state index in [0.717, 1.165) is 18.1 Å². The van der Waals surface area contributed by atoms with Crippen LogP contribution in [0.25, 0.3) is 0 Å². The average molecular weight is 364 g/mol. The fourth-order valence-electron chi connectivity index (χ4n) is 2.46. The van der Waals surface area contributed by atoms with Gasteiger partial charge in [0.05, 0.1) is 5.56 Å². The highest BCUT2D eigenvalue weighted by atomic mass is 19.2. The van der Waals surface area contributed by atoms with Gasteiger partial charge in [0, 0.05) is 25.7 Å². The molecule has 0 aliphatic heterocycles. The van der Waals surface area contributed by atoms with Crippen molar-refractivity contribution in [2.45, 2.75) is 20.3 Å². The molecule has 0 saturated carbocycles. The molecule has 0 spiro atoms. The maximum Gasteiger partial charge on any atom is 0.254 e. The van der Waals surface area contributed by atoms with Crippen molar-refractivity contribution in [3.8, 4) is 0 Å². The van der Waals surface area contributed by atoms with Gasteiger partial charge in [-0.05, 0) is 36.2 Å². The smallest absolute Gasteiger partial charge is 0.254 e. The predicted octanol–water partition coefficient (Wildman–Crippen LogP) is 3.45. The van der Waals surface area contributed by atoms with Gasteiger partial charge < -0.3 is 10.2 Å². The SMILES string of the molecule is CCc1ccc(N(CCNC(=O)c2ccc(F)c(F)c2F)C(C)=O)cc1. The van der Waals surface area contributed by atoms with E-state index >= 15 is 0 Å². The normalized spacial score (nSPS) is 10.5. The zero-order valence-corrected chi connectivity index (χ0v) is 14.5. The number of hydrogen-bond donors (Lipinski definition) is 1. The van der Waals surface area contributed by atoms with Crippen LogP contribution >= 0.6 is 0 Å². The maximum atomic E-state index is 13.6. The molecule has 26 heavy (non-hydrogen) atoms. The minimum atomic E-state index is -1.70. The van der Waals surface area contributed by atoms with Gasteiger partial charge >= 0.3 is 0 Å². The van der Waals surface area contributed by atoms with Crippen LogP contribution in [-0.2, 0) is 11.2 Å². The van der Waals surface area contributed by atoms with Crippen molar-refractivity contribution in [3.63, 3.8) is 0 Å². The van der Waals surface area contributed by atoms with Crippen molar-refractivity contribution in [2.24, 2.45) is 0 Å². The van der Waals surface area contributed by atoms with Gasteiger partial charge in [0.1, 0.15) is 0 Å². The Morgan fingerprint density at radius 3 is 2.23 bits per heavy atom. The first-order chi connectivity index (χ1) is 12.3. The van der Waals surface area contributed by atoms with E-state index in [1.54, 1.807) is 12.1 Å². The number of aryl methyl sites for hydroxylation is 1. The highest BCUT2D eigenvalue weighted by molar-refractivity contribution is 5.95. The summed E-state index contributed by atoms with van der Waals surface area (Å²) in [6.45, 7) is 3.58. The van der Waals surface area contributed by atoms with Crippen LogP contribution in [0.2, 0.25) is 0 Å². The number of nitrogens with one attached hydrogen (secondary N) is 1. The standard InChI is InChI=1S/C19H19F3N2O2/c1-3-13-4-6-14(7-5-13)24(12(2)25)11-10-23-19(26)15-8-9-16(20)18(22)17(15)21/h4-9H,3,10-11H2,1-2H3,(H,23,26). The molecule has 0 fully saturated rings. The van der Waals surface area contributed by atoms with Gasteiger partial charge in [-0.25, -0.2) is 13.2 Å². The first-order valence-electron chi connectivity index (χ1n) is 8.13. The highest BCUT2D eigenvalue weighted by Gasteiger charge is 2.19. The van der Waals surface area contributed by atoms with Crippen molar-refractivity contribution < 1.29 is 22.8 Å². The van der Waals surface area contributed by atoms with E-state index in [0.29, 0.717) is 11.8 Å². The molecule has 2 rings (SSSR count). The summed E-state index contributed by atoms with van der Waals surface area (Å²) in [5, 5.41) is 2.40. The Bertz CT molecular complexity index is 807. The zero-order chi connectivity index (χ0) is 19.3. The summed E-state index contributed by atoms with van der Waals surface area (Å²) in [7, 11) is 0. The lowest BCUT2D eigenvalue weighted by atomic mass is 10.1. The number of benzene rings is 2. The molecular weight excluding hydrogens is 345 g/mol. The van der Waals surface area contributed by atoms with Crippen LogP contribution in [0, 0.1) is 17.5 Å². The molecule has 2 aromatic carbocycles. The Hall–Kier alpha value is -2.83. The van der Waals surface area contributed by atoms with Crippen molar-refractivity contribution in [3.05, 3.63) is 65.0 Å². The molecule has 2 amide bonds. The van der Waals surface area contributed by atoms with Crippen molar-refractivity contribution in [2.75, 3.05) is 18.0 Å². The maximum absolute atomic E-state index is 13.6. The summed E-state index contributed by atoms with van der Waals surface area (Å²) in [4.78, 5) is 25.3. The predicted molar refractivity (Wildman–Crippen MR) is 92.5 cm³/mol. The van der Waals surface area contributed by atoms with Crippen LogP contribution in [0.3, 0.4) is 0 Å². The molecule has 138 valence electrons. The second-order valence-corrected chi connectivity index (χ2v) is 5.67. The molecule has 0 heterocycles. The number of nitrogens with zero attached hydrogens (tertiary/aromatic N) is 1. The number of halogens is 3. The summed E-state index contributed by atoms with van der Waals surface area (Å²) in [6.07, 6.45) is 0.871. The third-order valence-electron chi connectivity index (χ3n) is 3.94. The largest absolute Gasteiger partial charge is 0.350 e. The van der Waals surface area contributed by atoms with Crippen LogP contribution in [-0.4, -0.2) is 24.9 Å². The second kappa shape index (κ2) is 8.51.